The molecule has 1 aliphatic heterocycles. The molecule has 0 unspecified atom stereocenters. The SMILES string of the molecule is Cc1cc(=O)n2nc(-c3ccccc3Cl)nc2n1CC(=O)N1CCc2ccccc2C1. The molecule has 2 aromatic carbocycles. The lowest BCUT2D eigenvalue weighted by Gasteiger charge is -2.29. The average Bonchev–Trinajstić information content (AvgIpc) is 3.22. The van der Waals surface area contributed by atoms with Gasteiger partial charge < -0.3 is 9.47 Å². The van der Waals surface area contributed by atoms with E-state index in [1.807, 2.05) is 29.2 Å². The number of aromatic nitrogens is 4. The molecule has 0 fully saturated rings. The fourth-order valence-electron chi connectivity index (χ4n) is 4.00. The number of halogens is 1. The van der Waals surface area contributed by atoms with Crippen LogP contribution in [0.5, 0.6) is 0 Å². The molecule has 31 heavy (non-hydrogen) atoms. The second-order valence-electron chi connectivity index (χ2n) is 7.67. The summed E-state index contributed by atoms with van der Waals surface area (Å²) in [5.74, 6) is 0.650. The Labute approximate surface area is 183 Å². The van der Waals surface area contributed by atoms with Crippen molar-refractivity contribution in [3.63, 3.8) is 0 Å². The Balaban J connectivity index is 1.51. The molecule has 1 amide bonds. The second-order valence-corrected chi connectivity index (χ2v) is 8.08. The molecule has 7 nitrogen and oxygen atoms in total. The minimum atomic E-state index is -0.297. The molecule has 8 heteroatoms. The Bertz CT molecular complexity index is 1370. The van der Waals surface area contributed by atoms with Crippen LogP contribution in [0.4, 0.5) is 0 Å². The zero-order chi connectivity index (χ0) is 21.5. The summed E-state index contributed by atoms with van der Waals surface area (Å²) in [5, 5.41) is 4.85. The van der Waals surface area contributed by atoms with E-state index in [4.69, 9.17) is 11.6 Å². The standard InChI is InChI=1S/C23H20ClN5O2/c1-15-12-20(30)29-23(25-22(26-29)18-8-4-5-9-19(18)24)28(15)14-21(31)27-11-10-16-6-2-3-7-17(16)13-27/h2-9,12H,10-11,13-14H2,1H3. The molecule has 2 aromatic heterocycles. The van der Waals surface area contributed by atoms with Crippen LogP contribution in [0.2, 0.25) is 5.02 Å². The fraction of sp³-hybridized carbons (Fsp3) is 0.217. The van der Waals surface area contributed by atoms with Crippen molar-refractivity contribution < 1.29 is 4.79 Å². The first-order chi connectivity index (χ1) is 15.0. The van der Waals surface area contributed by atoms with E-state index in [9.17, 15) is 9.59 Å². The van der Waals surface area contributed by atoms with Crippen molar-refractivity contribution >= 4 is 23.3 Å². The van der Waals surface area contributed by atoms with Crippen LogP contribution in [-0.4, -0.2) is 36.5 Å². The summed E-state index contributed by atoms with van der Waals surface area (Å²) in [6, 6.07) is 16.9. The molecule has 5 rings (SSSR count). The van der Waals surface area contributed by atoms with Crippen LogP contribution in [0.3, 0.4) is 0 Å². The Morgan fingerprint density at radius 2 is 1.84 bits per heavy atom. The molecule has 3 heterocycles. The van der Waals surface area contributed by atoms with Crippen LogP contribution in [0.15, 0.2) is 59.4 Å². The molecule has 0 atom stereocenters. The Hall–Kier alpha value is -3.45. The van der Waals surface area contributed by atoms with Crippen molar-refractivity contribution in [3.8, 4) is 11.4 Å². The van der Waals surface area contributed by atoms with E-state index in [1.165, 1.54) is 21.7 Å². The summed E-state index contributed by atoms with van der Waals surface area (Å²) >= 11 is 6.29. The largest absolute Gasteiger partial charge is 0.336 e. The number of rotatable bonds is 3. The quantitative estimate of drug-likeness (QED) is 0.497. The number of aryl methyl sites for hydroxylation is 1. The van der Waals surface area contributed by atoms with Crippen molar-refractivity contribution in [3.05, 3.63) is 86.8 Å². The number of nitrogens with zero attached hydrogens (tertiary/aromatic N) is 5. The first-order valence-corrected chi connectivity index (χ1v) is 10.5. The molecule has 0 bridgehead atoms. The van der Waals surface area contributed by atoms with Crippen molar-refractivity contribution in [2.75, 3.05) is 6.54 Å². The monoisotopic (exact) mass is 433 g/mol. The number of hydrogen-bond acceptors (Lipinski definition) is 4. The molecule has 1 aliphatic rings. The van der Waals surface area contributed by atoms with Gasteiger partial charge >= 0.3 is 0 Å². The van der Waals surface area contributed by atoms with E-state index in [2.05, 4.69) is 22.2 Å². The lowest BCUT2D eigenvalue weighted by Crippen LogP contribution is -2.38. The van der Waals surface area contributed by atoms with Crippen LogP contribution in [0.1, 0.15) is 16.8 Å². The van der Waals surface area contributed by atoms with Gasteiger partial charge in [-0.05, 0) is 36.6 Å². The van der Waals surface area contributed by atoms with Gasteiger partial charge in [0.1, 0.15) is 6.54 Å². The summed E-state index contributed by atoms with van der Waals surface area (Å²) in [6.07, 6.45) is 0.835. The molecular weight excluding hydrogens is 414 g/mol. The van der Waals surface area contributed by atoms with Gasteiger partial charge in [0.15, 0.2) is 5.82 Å². The van der Waals surface area contributed by atoms with Crippen molar-refractivity contribution in [1.82, 2.24) is 24.1 Å². The highest BCUT2D eigenvalue weighted by Crippen LogP contribution is 2.25. The van der Waals surface area contributed by atoms with Gasteiger partial charge in [-0.2, -0.15) is 9.50 Å². The van der Waals surface area contributed by atoms with Crippen LogP contribution in [0.25, 0.3) is 17.2 Å². The van der Waals surface area contributed by atoms with E-state index in [1.54, 1.807) is 23.6 Å². The molecule has 0 N–H and O–H groups in total. The van der Waals surface area contributed by atoms with E-state index in [-0.39, 0.29) is 18.0 Å². The van der Waals surface area contributed by atoms with Crippen LogP contribution in [-0.2, 0) is 24.3 Å². The maximum absolute atomic E-state index is 13.1. The van der Waals surface area contributed by atoms with Crippen molar-refractivity contribution in [2.24, 2.45) is 0 Å². The van der Waals surface area contributed by atoms with Gasteiger partial charge in [-0.1, -0.05) is 48.0 Å². The zero-order valence-corrected chi connectivity index (χ0v) is 17.7. The lowest BCUT2D eigenvalue weighted by atomic mass is 10.00. The number of amides is 1. The van der Waals surface area contributed by atoms with Crippen molar-refractivity contribution in [2.45, 2.75) is 26.4 Å². The first-order valence-electron chi connectivity index (χ1n) is 10.1. The zero-order valence-electron chi connectivity index (χ0n) is 17.0. The molecule has 156 valence electrons. The smallest absolute Gasteiger partial charge is 0.275 e. The van der Waals surface area contributed by atoms with E-state index in [0.29, 0.717) is 41.0 Å². The van der Waals surface area contributed by atoms with E-state index < -0.39 is 0 Å². The molecule has 0 saturated carbocycles. The lowest BCUT2D eigenvalue weighted by molar-refractivity contribution is -0.132. The van der Waals surface area contributed by atoms with E-state index in [0.717, 1.165) is 6.42 Å². The highest BCUT2D eigenvalue weighted by atomic mass is 35.5. The van der Waals surface area contributed by atoms with Gasteiger partial charge in [0.05, 0.1) is 5.02 Å². The summed E-state index contributed by atoms with van der Waals surface area (Å²) in [4.78, 5) is 32.1. The molecule has 0 radical (unpaired) electrons. The second kappa shape index (κ2) is 7.67. The highest BCUT2D eigenvalue weighted by Gasteiger charge is 2.23. The number of hydrogen-bond donors (Lipinski definition) is 0. The van der Waals surface area contributed by atoms with Crippen LogP contribution < -0.4 is 5.56 Å². The molecular formula is C23H20ClN5O2. The summed E-state index contributed by atoms with van der Waals surface area (Å²) in [7, 11) is 0. The third-order valence-corrected chi connectivity index (χ3v) is 6.02. The number of benzene rings is 2. The molecule has 0 aliphatic carbocycles. The van der Waals surface area contributed by atoms with Gasteiger partial charge in [-0.15, -0.1) is 5.10 Å². The predicted octanol–water partition coefficient (Wildman–Crippen LogP) is 3.10. The van der Waals surface area contributed by atoms with Gasteiger partial charge in [0.2, 0.25) is 11.7 Å². The Morgan fingerprint density at radius 3 is 2.65 bits per heavy atom. The Morgan fingerprint density at radius 1 is 1.10 bits per heavy atom. The van der Waals surface area contributed by atoms with Crippen molar-refractivity contribution in [1.29, 1.82) is 0 Å². The number of carbonyl (C=O) groups is 1. The Kier molecular flexibility index (Phi) is 4.82. The number of fused-ring (bicyclic) bond motifs is 2. The predicted molar refractivity (Wildman–Crippen MR) is 118 cm³/mol. The highest BCUT2D eigenvalue weighted by molar-refractivity contribution is 6.33. The molecule has 0 spiro atoms. The molecule has 4 aromatic rings. The summed E-state index contributed by atoms with van der Waals surface area (Å²) < 4.78 is 2.96. The molecule has 0 saturated heterocycles. The summed E-state index contributed by atoms with van der Waals surface area (Å²) in [5.41, 5.74) is 3.45. The minimum absolute atomic E-state index is 0.0227. The van der Waals surface area contributed by atoms with Gasteiger partial charge in [-0.25, -0.2) is 0 Å². The average molecular weight is 434 g/mol. The maximum atomic E-state index is 13.1. The fourth-order valence-corrected chi connectivity index (χ4v) is 4.22. The van der Waals surface area contributed by atoms with Crippen LogP contribution >= 0.6 is 11.6 Å². The first kappa shape index (κ1) is 19.5. The third kappa shape index (κ3) is 3.51. The van der Waals surface area contributed by atoms with Gasteiger partial charge in [-0.3, -0.25) is 9.59 Å². The minimum Gasteiger partial charge on any atom is -0.336 e. The van der Waals surface area contributed by atoms with Crippen LogP contribution in [0, 0.1) is 6.92 Å². The topological polar surface area (TPSA) is 72.5 Å². The van der Waals surface area contributed by atoms with Gasteiger partial charge in [0, 0.05) is 30.4 Å². The normalized spacial score (nSPS) is 13.4. The summed E-state index contributed by atoms with van der Waals surface area (Å²) in [6.45, 7) is 3.13. The van der Waals surface area contributed by atoms with E-state index >= 15 is 0 Å². The maximum Gasteiger partial charge on any atom is 0.275 e. The number of carbonyl (C=O) groups excluding carboxylic acids is 1. The third-order valence-electron chi connectivity index (χ3n) is 5.69. The van der Waals surface area contributed by atoms with Gasteiger partial charge in [0.25, 0.3) is 5.56 Å².